The summed E-state index contributed by atoms with van der Waals surface area (Å²) in [4.78, 5) is 8.65. The highest BCUT2D eigenvalue weighted by molar-refractivity contribution is 5.92. The number of nitrogens with zero attached hydrogens (tertiary/aromatic N) is 3. The number of fused-ring (bicyclic) bond motifs is 1. The van der Waals surface area contributed by atoms with Gasteiger partial charge in [-0.25, -0.2) is 4.98 Å². The number of hydrogen-bond donors (Lipinski definition) is 4. The molecule has 1 aliphatic carbocycles. The van der Waals surface area contributed by atoms with E-state index in [0.29, 0.717) is 5.92 Å². The molecule has 1 aromatic carbocycles. The number of aliphatic hydroxyl groups excluding tert-OH is 1. The van der Waals surface area contributed by atoms with Crippen LogP contribution in [0.4, 0.5) is 11.8 Å². The number of nitrogens with one attached hydrogen (secondary N) is 2. The minimum absolute atomic E-state index is 0.147. The number of rotatable bonds is 4. The molecule has 2 heterocycles. The maximum atomic E-state index is 9.37. The van der Waals surface area contributed by atoms with Crippen LogP contribution in [0.2, 0.25) is 0 Å². The molecule has 0 aliphatic heterocycles. The second kappa shape index (κ2) is 5.51. The number of aliphatic hydroxyl groups is 1. The van der Waals surface area contributed by atoms with Gasteiger partial charge in [-0.05, 0) is 37.0 Å². The fourth-order valence-corrected chi connectivity index (χ4v) is 2.97. The Labute approximate surface area is 133 Å². The lowest BCUT2D eigenvalue weighted by Gasteiger charge is -2.31. The van der Waals surface area contributed by atoms with Gasteiger partial charge in [0.25, 0.3) is 0 Å². The van der Waals surface area contributed by atoms with Crippen LogP contribution in [0, 0.1) is 5.92 Å². The number of aromatic nitrogens is 4. The average molecular weight is 310 g/mol. The first-order valence-electron chi connectivity index (χ1n) is 7.68. The third-order valence-electron chi connectivity index (χ3n) is 4.29. The SMILES string of the molecule is Nc1nc(NCC2CC(O)C2)c2ccc(-c3ccn[nH]3)cc2n1. The van der Waals surface area contributed by atoms with E-state index in [9.17, 15) is 5.11 Å². The van der Waals surface area contributed by atoms with Crippen molar-refractivity contribution in [1.29, 1.82) is 0 Å². The summed E-state index contributed by atoms with van der Waals surface area (Å²) in [7, 11) is 0. The Morgan fingerprint density at radius 1 is 1.26 bits per heavy atom. The molecule has 1 aliphatic rings. The quantitative estimate of drug-likeness (QED) is 0.584. The molecule has 7 heteroatoms. The molecule has 0 spiro atoms. The van der Waals surface area contributed by atoms with Gasteiger partial charge < -0.3 is 16.2 Å². The number of H-pyrrole nitrogens is 1. The van der Waals surface area contributed by atoms with Crippen molar-refractivity contribution in [3.8, 4) is 11.3 Å². The highest BCUT2D eigenvalue weighted by atomic mass is 16.3. The van der Waals surface area contributed by atoms with Gasteiger partial charge in [0.2, 0.25) is 5.95 Å². The highest BCUT2D eigenvalue weighted by Crippen LogP contribution is 2.29. The maximum absolute atomic E-state index is 9.37. The van der Waals surface area contributed by atoms with E-state index in [1.165, 1.54) is 0 Å². The zero-order valence-corrected chi connectivity index (χ0v) is 12.5. The van der Waals surface area contributed by atoms with Crippen LogP contribution in [-0.2, 0) is 0 Å². The molecule has 1 saturated carbocycles. The molecule has 4 rings (SSSR count). The van der Waals surface area contributed by atoms with Crippen molar-refractivity contribution in [3.05, 3.63) is 30.5 Å². The van der Waals surface area contributed by atoms with E-state index in [1.54, 1.807) is 6.20 Å². The summed E-state index contributed by atoms with van der Waals surface area (Å²) < 4.78 is 0. The summed E-state index contributed by atoms with van der Waals surface area (Å²) in [5.74, 6) is 1.47. The molecule has 7 nitrogen and oxygen atoms in total. The highest BCUT2D eigenvalue weighted by Gasteiger charge is 2.26. The van der Waals surface area contributed by atoms with Gasteiger partial charge in [-0.3, -0.25) is 5.10 Å². The first kappa shape index (κ1) is 14.0. The number of aromatic amines is 1. The molecule has 5 N–H and O–H groups in total. The molecule has 0 saturated heterocycles. The number of anilines is 2. The summed E-state index contributed by atoms with van der Waals surface area (Å²) in [6.45, 7) is 0.783. The Morgan fingerprint density at radius 3 is 2.87 bits per heavy atom. The average Bonchev–Trinajstić information content (AvgIpc) is 3.03. The van der Waals surface area contributed by atoms with Crippen molar-refractivity contribution in [2.24, 2.45) is 5.92 Å². The largest absolute Gasteiger partial charge is 0.393 e. The van der Waals surface area contributed by atoms with Gasteiger partial charge in [0.1, 0.15) is 5.82 Å². The zero-order valence-electron chi connectivity index (χ0n) is 12.5. The van der Waals surface area contributed by atoms with Crippen LogP contribution in [0.5, 0.6) is 0 Å². The smallest absolute Gasteiger partial charge is 0.222 e. The molecule has 2 aromatic heterocycles. The number of benzene rings is 1. The summed E-state index contributed by atoms with van der Waals surface area (Å²) in [6.07, 6.45) is 3.25. The van der Waals surface area contributed by atoms with Crippen LogP contribution in [0.25, 0.3) is 22.2 Å². The maximum Gasteiger partial charge on any atom is 0.222 e. The van der Waals surface area contributed by atoms with Crippen LogP contribution in [0.15, 0.2) is 30.5 Å². The van der Waals surface area contributed by atoms with E-state index in [0.717, 1.165) is 47.4 Å². The number of nitrogen functional groups attached to an aromatic ring is 1. The van der Waals surface area contributed by atoms with Crippen molar-refractivity contribution >= 4 is 22.7 Å². The van der Waals surface area contributed by atoms with Crippen LogP contribution in [0.3, 0.4) is 0 Å². The lowest BCUT2D eigenvalue weighted by atomic mass is 9.82. The van der Waals surface area contributed by atoms with Gasteiger partial charge in [0, 0.05) is 23.7 Å². The van der Waals surface area contributed by atoms with Gasteiger partial charge in [-0.1, -0.05) is 6.07 Å². The van der Waals surface area contributed by atoms with E-state index >= 15 is 0 Å². The molecule has 0 bridgehead atoms. The normalized spacial score (nSPS) is 20.4. The molecule has 0 unspecified atom stereocenters. The minimum Gasteiger partial charge on any atom is -0.393 e. The van der Waals surface area contributed by atoms with Crippen LogP contribution in [-0.4, -0.2) is 37.9 Å². The predicted molar refractivity (Wildman–Crippen MR) is 88.8 cm³/mol. The third kappa shape index (κ3) is 2.70. The predicted octanol–water partition coefficient (Wildman–Crippen LogP) is 1.78. The fourth-order valence-electron chi connectivity index (χ4n) is 2.97. The van der Waals surface area contributed by atoms with E-state index in [2.05, 4.69) is 25.5 Å². The number of nitrogens with two attached hydrogens (primary N) is 1. The molecule has 0 radical (unpaired) electrons. The Kier molecular flexibility index (Phi) is 3.34. The van der Waals surface area contributed by atoms with Crippen LogP contribution >= 0.6 is 0 Å². The molecule has 118 valence electrons. The van der Waals surface area contributed by atoms with Crippen LogP contribution in [0.1, 0.15) is 12.8 Å². The van der Waals surface area contributed by atoms with Crippen molar-refractivity contribution < 1.29 is 5.11 Å². The fraction of sp³-hybridized carbons (Fsp3) is 0.312. The van der Waals surface area contributed by atoms with Gasteiger partial charge in [0.15, 0.2) is 0 Å². The number of hydrogen-bond acceptors (Lipinski definition) is 6. The minimum atomic E-state index is -0.147. The second-order valence-electron chi connectivity index (χ2n) is 6.00. The van der Waals surface area contributed by atoms with E-state index < -0.39 is 0 Å². The van der Waals surface area contributed by atoms with Gasteiger partial charge in [-0.2, -0.15) is 10.1 Å². The Bertz CT molecular complexity index is 826. The van der Waals surface area contributed by atoms with Crippen molar-refractivity contribution in [3.63, 3.8) is 0 Å². The third-order valence-corrected chi connectivity index (χ3v) is 4.29. The molecule has 0 amide bonds. The molecular weight excluding hydrogens is 292 g/mol. The Hall–Kier alpha value is -2.67. The molecule has 23 heavy (non-hydrogen) atoms. The molecular formula is C16H18N6O. The van der Waals surface area contributed by atoms with Gasteiger partial charge in [-0.15, -0.1) is 0 Å². The van der Waals surface area contributed by atoms with E-state index in [4.69, 9.17) is 5.73 Å². The molecule has 1 fully saturated rings. The lowest BCUT2D eigenvalue weighted by molar-refractivity contribution is 0.0486. The first-order chi connectivity index (χ1) is 11.2. The summed E-state index contributed by atoms with van der Waals surface area (Å²) >= 11 is 0. The van der Waals surface area contributed by atoms with Crippen molar-refractivity contribution in [2.75, 3.05) is 17.6 Å². The van der Waals surface area contributed by atoms with Gasteiger partial charge in [0.05, 0.1) is 17.3 Å². The van der Waals surface area contributed by atoms with Crippen molar-refractivity contribution in [1.82, 2.24) is 20.2 Å². The van der Waals surface area contributed by atoms with Crippen LogP contribution < -0.4 is 11.1 Å². The lowest BCUT2D eigenvalue weighted by Crippen LogP contribution is -2.33. The second-order valence-corrected chi connectivity index (χ2v) is 6.00. The standard InChI is InChI=1S/C16H18N6O/c17-16-20-14-7-10(13-3-4-19-22-13)1-2-12(14)15(21-16)18-8-9-5-11(23)6-9/h1-4,7,9,11,23H,5-6,8H2,(H,19,22)(H3,17,18,20,21). The van der Waals surface area contributed by atoms with Crippen molar-refractivity contribution in [2.45, 2.75) is 18.9 Å². The zero-order chi connectivity index (χ0) is 15.8. The van der Waals surface area contributed by atoms with E-state index in [1.807, 2.05) is 24.3 Å². The summed E-state index contributed by atoms with van der Waals surface area (Å²) in [5.41, 5.74) is 8.57. The summed E-state index contributed by atoms with van der Waals surface area (Å²) in [5, 5.41) is 20.6. The summed E-state index contributed by atoms with van der Waals surface area (Å²) in [6, 6.07) is 7.88. The Morgan fingerprint density at radius 2 is 2.13 bits per heavy atom. The van der Waals surface area contributed by atoms with Gasteiger partial charge >= 0.3 is 0 Å². The van der Waals surface area contributed by atoms with E-state index in [-0.39, 0.29) is 12.1 Å². The Balaban J connectivity index is 1.65. The first-order valence-corrected chi connectivity index (χ1v) is 7.68. The molecule has 3 aromatic rings. The molecule has 0 atom stereocenters. The monoisotopic (exact) mass is 310 g/mol. The topological polar surface area (TPSA) is 113 Å².